The highest BCUT2D eigenvalue weighted by atomic mass is 16.3. The second-order valence-corrected chi connectivity index (χ2v) is 3.67. The molecular formula is C12H10N2O. The van der Waals surface area contributed by atoms with Gasteiger partial charge in [0.05, 0.1) is 17.5 Å². The predicted octanol–water partition coefficient (Wildman–Crippen LogP) is 1.73. The van der Waals surface area contributed by atoms with Crippen LogP contribution in [0.1, 0.15) is 17.2 Å². The quantitative estimate of drug-likeness (QED) is 0.701. The largest absolute Gasteiger partial charge is 0.388 e. The molecule has 15 heavy (non-hydrogen) atoms. The smallest absolute Gasteiger partial charge is 0.0947 e. The third-order valence-electron chi connectivity index (χ3n) is 2.73. The van der Waals surface area contributed by atoms with Gasteiger partial charge in [-0.1, -0.05) is 12.1 Å². The van der Waals surface area contributed by atoms with Crippen LogP contribution in [0.15, 0.2) is 36.7 Å². The highest BCUT2D eigenvalue weighted by Crippen LogP contribution is 2.34. The number of fused-ring (bicyclic) bond motifs is 3. The van der Waals surface area contributed by atoms with Gasteiger partial charge in [0.2, 0.25) is 0 Å². The van der Waals surface area contributed by atoms with Crippen LogP contribution in [0.4, 0.5) is 0 Å². The van der Waals surface area contributed by atoms with E-state index in [1.165, 1.54) is 0 Å². The molecule has 0 saturated carbocycles. The molecule has 0 radical (unpaired) electrons. The topological polar surface area (TPSA) is 46.0 Å². The molecule has 2 heterocycles. The van der Waals surface area contributed by atoms with Crippen molar-refractivity contribution < 1.29 is 5.11 Å². The molecule has 1 aliphatic rings. The van der Waals surface area contributed by atoms with E-state index in [0.29, 0.717) is 6.42 Å². The number of nitrogens with zero attached hydrogens (tertiary/aromatic N) is 2. The molecular weight excluding hydrogens is 188 g/mol. The van der Waals surface area contributed by atoms with Crippen molar-refractivity contribution in [1.82, 2.24) is 9.97 Å². The Hall–Kier alpha value is -1.74. The maximum atomic E-state index is 9.94. The van der Waals surface area contributed by atoms with Crippen LogP contribution in [0, 0.1) is 0 Å². The summed E-state index contributed by atoms with van der Waals surface area (Å²) in [7, 11) is 0. The van der Waals surface area contributed by atoms with Crippen molar-refractivity contribution in [2.75, 3.05) is 0 Å². The van der Waals surface area contributed by atoms with Gasteiger partial charge in [0, 0.05) is 24.4 Å². The molecule has 3 nitrogen and oxygen atoms in total. The van der Waals surface area contributed by atoms with Gasteiger partial charge in [-0.15, -0.1) is 0 Å². The zero-order valence-corrected chi connectivity index (χ0v) is 8.09. The second-order valence-electron chi connectivity index (χ2n) is 3.67. The molecule has 0 fully saturated rings. The zero-order valence-electron chi connectivity index (χ0n) is 8.09. The SMILES string of the molecule is OC1Cc2cccnc2-c2ncccc21. The summed E-state index contributed by atoms with van der Waals surface area (Å²) in [6.45, 7) is 0. The summed E-state index contributed by atoms with van der Waals surface area (Å²) in [5, 5.41) is 9.94. The summed E-state index contributed by atoms with van der Waals surface area (Å²) < 4.78 is 0. The fraction of sp³-hybridized carbons (Fsp3) is 0.167. The normalized spacial score (nSPS) is 18.1. The number of hydrogen-bond donors (Lipinski definition) is 1. The number of rotatable bonds is 0. The maximum absolute atomic E-state index is 9.94. The van der Waals surface area contributed by atoms with Crippen molar-refractivity contribution in [3.8, 4) is 11.4 Å². The van der Waals surface area contributed by atoms with Crippen molar-refractivity contribution in [1.29, 1.82) is 0 Å². The number of aliphatic hydroxyl groups is 1. The lowest BCUT2D eigenvalue weighted by Crippen LogP contribution is -2.12. The van der Waals surface area contributed by atoms with E-state index < -0.39 is 6.10 Å². The molecule has 3 rings (SSSR count). The van der Waals surface area contributed by atoms with Crippen LogP contribution in [0.25, 0.3) is 11.4 Å². The molecule has 74 valence electrons. The summed E-state index contributed by atoms with van der Waals surface area (Å²) in [5.74, 6) is 0. The fourth-order valence-electron chi connectivity index (χ4n) is 2.02. The summed E-state index contributed by atoms with van der Waals surface area (Å²) >= 11 is 0. The lowest BCUT2D eigenvalue weighted by Gasteiger charge is -2.21. The minimum atomic E-state index is -0.453. The van der Waals surface area contributed by atoms with Crippen LogP contribution in [0.3, 0.4) is 0 Å². The first kappa shape index (κ1) is 8.56. The fourth-order valence-corrected chi connectivity index (χ4v) is 2.02. The van der Waals surface area contributed by atoms with Crippen LogP contribution in [-0.2, 0) is 6.42 Å². The van der Waals surface area contributed by atoms with Gasteiger partial charge < -0.3 is 5.11 Å². The third kappa shape index (κ3) is 1.24. The Balaban J connectivity index is 2.30. The molecule has 0 aliphatic heterocycles. The molecule has 0 amide bonds. The number of pyridine rings is 2. The van der Waals surface area contributed by atoms with Gasteiger partial charge in [0.15, 0.2) is 0 Å². The first-order valence-corrected chi connectivity index (χ1v) is 4.93. The molecule has 3 heteroatoms. The number of hydrogen-bond acceptors (Lipinski definition) is 3. The Labute approximate surface area is 87.4 Å². The van der Waals surface area contributed by atoms with Crippen LogP contribution in [0.5, 0.6) is 0 Å². The lowest BCUT2D eigenvalue weighted by molar-refractivity contribution is 0.176. The average molecular weight is 198 g/mol. The summed E-state index contributed by atoms with van der Waals surface area (Å²) in [6, 6.07) is 7.63. The molecule has 1 aliphatic carbocycles. The summed E-state index contributed by atoms with van der Waals surface area (Å²) in [6.07, 6.45) is 3.66. The van der Waals surface area contributed by atoms with Crippen molar-refractivity contribution in [2.45, 2.75) is 12.5 Å². The second kappa shape index (κ2) is 3.14. The van der Waals surface area contributed by atoms with E-state index in [4.69, 9.17) is 0 Å². The predicted molar refractivity (Wildman–Crippen MR) is 56.1 cm³/mol. The minimum absolute atomic E-state index is 0.453. The standard InChI is InChI=1S/C12H10N2O/c15-10-7-8-3-1-5-13-11(8)12-9(10)4-2-6-14-12/h1-6,10,15H,7H2. The zero-order chi connectivity index (χ0) is 10.3. The van der Waals surface area contributed by atoms with Gasteiger partial charge in [-0.2, -0.15) is 0 Å². The Morgan fingerprint density at radius 1 is 1.07 bits per heavy atom. The van der Waals surface area contributed by atoms with Crippen molar-refractivity contribution in [2.24, 2.45) is 0 Å². The van der Waals surface area contributed by atoms with E-state index in [1.54, 1.807) is 12.4 Å². The molecule has 0 aromatic carbocycles. The molecule has 2 aromatic rings. The maximum Gasteiger partial charge on any atom is 0.0947 e. The molecule has 0 spiro atoms. The van der Waals surface area contributed by atoms with E-state index >= 15 is 0 Å². The van der Waals surface area contributed by atoms with Crippen LogP contribution in [-0.4, -0.2) is 15.1 Å². The van der Waals surface area contributed by atoms with Gasteiger partial charge in [-0.05, 0) is 17.7 Å². The monoisotopic (exact) mass is 198 g/mol. The van der Waals surface area contributed by atoms with Crippen LogP contribution in [0.2, 0.25) is 0 Å². The number of aliphatic hydroxyl groups excluding tert-OH is 1. The van der Waals surface area contributed by atoms with E-state index in [0.717, 1.165) is 22.5 Å². The van der Waals surface area contributed by atoms with Gasteiger partial charge in [0.1, 0.15) is 0 Å². The van der Waals surface area contributed by atoms with Gasteiger partial charge in [0.25, 0.3) is 0 Å². The van der Waals surface area contributed by atoms with Crippen LogP contribution >= 0.6 is 0 Å². The number of aromatic nitrogens is 2. The van der Waals surface area contributed by atoms with Crippen LogP contribution < -0.4 is 0 Å². The van der Waals surface area contributed by atoms with Crippen molar-refractivity contribution in [3.63, 3.8) is 0 Å². The Kier molecular flexibility index (Phi) is 1.79. The Morgan fingerprint density at radius 3 is 2.67 bits per heavy atom. The molecule has 0 bridgehead atoms. The highest BCUT2D eigenvalue weighted by Gasteiger charge is 2.24. The Morgan fingerprint density at radius 2 is 1.80 bits per heavy atom. The summed E-state index contributed by atoms with van der Waals surface area (Å²) in [5.41, 5.74) is 3.66. The lowest BCUT2D eigenvalue weighted by atomic mass is 9.90. The van der Waals surface area contributed by atoms with E-state index in [9.17, 15) is 5.11 Å². The molecule has 2 aromatic heterocycles. The van der Waals surface area contributed by atoms with E-state index in [1.807, 2.05) is 24.3 Å². The van der Waals surface area contributed by atoms with E-state index in [-0.39, 0.29) is 0 Å². The Bertz CT molecular complexity index is 510. The first-order chi connectivity index (χ1) is 7.36. The van der Waals surface area contributed by atoms with Crippen molar-refractivity contribution in [3.05, 3.63) is 47.8 Å². The average Bonchev–Trinajstić information content (AvgIpc) is 2.30. The van der Waals surface area contributed by atoms with E-state index in [2.05, 4.69) is 9.97 Å². The summed E-state index contributed by atoms with van der Waals surface area (Å²) in [4.78, 5) is 8.61. The van der Waals surface area contributed by atoms with Gasteiger partial charge >= 0.3 is 0 Å². The minimum Gasteiger partial charge on any atom is -0.388 e. The molecule has 0 saturated heterocycles. The third-order valence-corrected chi connectivity index (χ3v) is 2.73. The van der Waals surface area contributed by atoms with Gasteiger partial charge in [-0.25, -0.2) is 0 Å². The molecule has 1 atom stereocenters. The van der Waals surface area contributed by atoms with Crippen molar-refractivity contribution >= 4 is 0 Å². The molecule has 1 unspecified atom stereocenters. The first-order valence-electron chi connectivity index (χ1n) is 4.93. The highest BCUT2D eigenvalue weighted by molar-refractivity contribution is 5.65. The van der Waals surface area contributed by atoms with Gasteiger partial charge in [-0.3, -0.25) is 9.97 Å². The molecule has 1 N–H and O–H groups in total.